The summed E-state index contributed by atoms with van der Waals surface area (Å²) in [7, 11) is 0. The Morgan fingerprint density at radius 3 is 2.83 bits per heavy atom. The molecule has 1 amide bonds. The fourth-order valence-electron chi connectivity index (χ4n) is 3.56. The molecular weight excluding hydrogens is 312 g/mol. The predicted molar refractivity (Wildman–Crippen MR) is 85.5 cm³/mol. The summed E-state index contributed by atoms with van der Waals surface area (Å²) in [5.41, 5.74) is 0.817. The van der Waals surface area contributed by atoms with E-state index in [-0.39, 0.29) is 5.91 Å². The smallest absolute Gasteiger partial charge is 0.267 e. The second-order valence-corrected chi connectivity index (χ2v) is 6.95. The van der Waals surface area contributed by atoms with Crippen molar-refractivity contribution in [3.8, 4) is 0 Å². The number of likely N-dealkylation sites (tertiary alicyclic amines) is 1. The molecule has 4 rings (SSSR count). The topological polar surface area (TPSA) is 76.8 Å². The van der Waals surface area contributed by atoms with Crippen molar-refractivity contribution in [2.45, 2.75) is 51.5 Å². The first kappa shape index (κ1) is 14.7. The van der Waals surface area contributed by atoms with Crippen LogP contribution in [0.3, 0.4) is 0 Å². The SMILES string of the molecule is CCc1nnsc1C(=O)N1CCC(c2nnc3n2CCC3)CC1. The van der Waals surface area contributed by atoms with Gasteiger partial charge in [-0.05, 0) is 37.2 Å². The van der Waals surface area contributed by atoms with E-state index in [1.807, 2.05) is 11.8 Å². The van der Waals surface area contributed by atoms with Crippen molar-refractivity contribution < 1.29 is 4.79 Å². The molecule has 1 saturated heterocycles. The highest BCUT2D eigenvalue weighted by Crippen LogP contribution is 2.30. The number of carbonyl (C=O) groups is 1. The Hall–Kier alpha value is -1.83. The molecular formula is C15H20N6OS. The van der Waals surface area contributed by atoms with Crippen molar-refractivity contribution in [1.82, 2.24) is 29.3 Å². The van der Waals surface area contributed by atoms with Crippen LogP contribution in [0.25, 0.3) is 0 Å². The van der Waals surface area contributed by atoms with Gasteiger partial charge in [0.15, 0.2) is 0 Å². The molecule has 0 spiro atoms. The van der Waals surface area contributed by atoms with Gasteiger partial charge in [0.05, 0.1) is 5.69 Å². The van der Waals surface area contributed by atoms with Gasteiger partial charge in [-0.3, -0.25) is 4.79 Å². The van der Waals surface area contributed by atoms with Gasteiger partial charge < -0.3 is 9.47 Å². The van der Waals surface area contributed by atoms with Crippen LogP contribution in [0.1, 0.15) is 59.1 Å². The van der Waals surface area contributed by atoms with Crippen LogP contribution in [0.15, 0.2) is 0 Å². The Kier molecular flexibility index (Phi) is 3.84. The highest BCUT2D eigenvalue weighted by molar-refractivity contribution is 7.08. The van der Waals surface area contributed by atoms with Crippen LogP contribution >= 0.6 is 11.5 Å². The lowest BCUT2D eigenvalue weighted by Gasteiger charge is -2.31. The van der Waals surface area contributed by atoms with Crippen LogP contribution in [-0.4, -0.2) is 48.2 Å². The number of aromatic nitrogens is 5. The lowest BCUT2D eigenvalue weighted by atomic mass is 9.95. The van der Waals surface area contributed by atoms with Gasteiger partial charge in [0.25, 0.3) is 5.91 Å². The molecule has 0 N–H and O–H groups in total. The summed E-state index contributed by atoms with van der Waals surface area (Å²) in [6, 6.07) is 0. The van der Waals surface area contributed by atoms with Crippen LogP contribution in [0.4, 0.5) is 0 Å². The minimum absolute atomic E-state index is 0.0850. The van der Waals surface area contributed by atoms with Crippen molar-refractivity contribution in [2.75, 3.05) is 13.1 Å². The van der Waals surface area contributed by atoms with Gasteiger partial charge in [-0.2, -0.15) is 0 Å². The van der Waals surface area contributed by atoms with Gasteiger partial charge in [-0.25, -0.2) is 0 Å². The molecule has 2 aliphatic rings. The molecule has 4 heterocycles. The lowest BCUT2D eigenvalue weighted by molar-refractivity contribution is 0.0714. The Morgan fingerprint density at radius 1 is 1.22 bits per heavy atom. The summed E-state index contributed by atoms with van der Waals surface area (Å²) in [6.07, 6.45) is 4.88. The van der Waals surface area contributed by atoms with E-state index >= 15 is 0 Å². The van der Waals surface area contributed by atoms with E-state index in [9.17, 15) is 4.79 Å². The number of fused-ring (bicyclic) bond motifs is 1. The molecule has 0 aliphatic carbocycles. The van der Waals surface area contributed by atoms with E-state index in [4.69, 9.17) is 0 Å². The summed E-state index contributed by atoms with van der Waals surface area (Å²) in [6.45, 7) is 4.59. The zero-order valence-corrected chi connectivity index (χ0v) is 14.1. The van der Waals surface area contributed by atoms with Crippen LogP contribution in [0.2, 0.25) is 0 Å². The molecule has 23 heavy (non-hydrogen) atoms. The zero-order valence-electron chi connectivity index (χ0n) is 13.2. The fourth-order valence-corrected chi connectivity index (χ4v) is 4.28. The molecule has 0 bridgehead atoms. The molecule has 8 heteroatoms. The summed E-state index contributed by atoms with van der Waals surface area (Å²) in [5.74, 6) is 2.76. The molecule has 7 nitrogen and oxygen atoms in total. The van der Waals surface area contributed by atoms with Gasteiger partial charge in [0.1, 0.15) is 16.5 Å². The quantitative estimate of drug-likeness (QED) is 0.854. The predicted octanol–water partition coefficient (Wildman–Crippen LogP) is 1.66. The number of hydrogen-bond donors (Lipinski definition) is 0. The number of amides is 1. The minimum Gasteiger partial charge on any atom is -0.338 e. The van der Waals surface area contributed by atoms with E-state index in [2.05, 4.69) is 24.4 Å². The Morgan fingerprint density at radius 2 is 2.04 bits per heavy atom. The molecule has 2 aromatic heterocycles. The van der Waals surface area contributed by atoms with Gasteiger partial charge in [0, 0.05) is 32.0 Å². The summed E-state index contributed by atoms with van der Waals surface area (Å²) in [5, 5.41) is 12.8. The average Bonchev–Trinajstić information content (AvgIpc) is 3.30. The van der Waals surface area contributed by atoms with Crippen molar-refractivity contribution in [1.29, 1.82) is 0 Å². The van der Waals surface area contributed by atoms with E-state index in [1.54, 1.807) is 0 Å². The number of aryl methyl sites for hydroxylation is 2. The Balaban J connectivity index is 1.44. The van der Waals surface area contributed by atoms with Crippen molar-refractivity contribution in [3.63, 3.8) is 0 Å². The molecule has 2 aliphatic heterocycles. The highest BCUT2D eigenvalue weighted by atomic mass is 32.1. The Labute approximate surface area is 138 Å². The van der Waals surface area contributed by atoms with E-state index < -0.39 is 0 Å². The number of rotatable bonds is 3. The van der Waals surface area contributed by atoms with Crippen LogP contribution in [-0.2, 0) is 19.4 Å². The van der Waals surface area contributed by atoms with Gasteiger partial charge in [0.2, 0.25) is 0 Å². The van der Waals surface area contributed by atoms with Crippen molar-refractivity contribution >= 4 is 17.4 Å². The highest BCUT2D eigenvalue weighted by Gasteiger charge is 2.30. The van der Waals surface area contributed by atoms with E-state index in [0.717, 1.165) is 62.7 Å². The molecule has 0 unspecified atom stereocenters. The second kappa shape index (κ2) is 5.99. The second-order valence-electron chi connectivity index (χ2n) is 6.20. The third-order valence-electron chi connectivity index (χ3n) is 4.87. The van der Waals surface area contributed by atoms with Crippen LogP contribution in [0.5, 0.6) is 0 Å². The first-order valence-electron chi connectivity index (χ1n) is 8.30. The maximum atomic E-state index is 12.6. The van der Waals surface area contributed by atoms with Gasteiger partial charge in [-0.15, -0.1) is 15.3 Å². The van der Waals surface area contributed by atoms with E-state index in [0.29, 0.717) is 10.8 Å². The zero-order chi connectivity index (χ0) is 15.8. The van der Waals surface area contributed by atoms with E-state index in [1.165, 1.54) is 18.0 Å². The maximum absolute atomic E-state index is 12.6. The molecule has 1 fully saturated rings. The third-order valence-corrected chi connectivity index (χ3v) is 5.63. The molecule has 122 valence electrons. The summed E-state index contributed by atoms with van der Waals surface area (Å²) in [4.78, 5) is 15.3. The Bertz CT molecular complexity index is 715. The lowest BCUT2D eigenvalue weighted by Crippen LogP contribution is -2.38. The molecule has 0 saturated carbocycles. The monoisotopic (exact) mass is 332 g/mol. The molecule has 0 aromatic carbocycles. The van der Waals surface area contributed by atoms with Crippen LogP contribution < -0.4 is 0 Å². The van der Waals surface area contributed by atoms with Gasteiger partial charge in [-0.1, -0.05) is 11.4 Å². The average molecular weight is 332 g/mol. The number of piperidine rings is 1. The third kappa shape index (κ3) is 2.54. The molecule has 2 aromatic rings. The number of hydrogen-bond acceptors (Lipinski definition) is 6. The normalized spacial score (nSPS) is 18.4. The van der Waals surface area contributed by atoms with Crippen LogP contribution in [0, 0.1) is 0 Å². The number of carbonyl (C=O) groups excluding carboxylic acids is 1. The van der Waals surface area contributed by atoms with Crippen molar-refractivity contribution in [3.05, 3.63) is 22.2 Å². The minimum atomic E-state index is 0.0850. The fraction of sp³-hybridized carbons (Fsp3) is 0.667. The summed E-state index contributed by atoms with van der Waals surface area (Å²) >= 11 is 1.21. The number of nitrogens with zero attached hydrogens (tertiary/aromatic N) is 6. The standard InChI is InChI=1S/C15H20N6OS/c1-2-11-13(23-19-16-11)15(22)20-8-5-10(6-9-20)14-18-17-12-4-3-7-21(12)14/h10H,2-9H2,1H3. The molecule has 0 atom stereocenters. The molecule has 0 radical (unpaired) electrons. The van der Waals surface area contributed by atoms with Crippen molar-refractivity contribution in [2.24, 2.45) is 0 Å². The maximum Gasteiger partial charge on any atom is 0.267 e. The largest absolute Gasteiger partial charge is 0.338 e. The first-order chi connectivity index (χ1) is 11.3. The first-order valence-corrected chi connectivity index (χ1v) is 9.07. The van der Waals surface area contributed by atoms with Gasteiger partial charge >= 0.3 is 0 Å². The summed E-state index contributed by atoms with van der Waals surface area (Å²) < 4.78 is 6.21.